The molecule has 2 heterocycles. The maximum Gasteiger partial charge on any atom is 0.148 e. The van der Waals surface area contributed by atoms with Crippen molar-refractivity contribution in [1.29, 1.82) is 0 Å². The highest BCUT2D eigenvalue weighted by Crippen LogP contribution is 2.31. The maximum atomic E-state index is 11.4. The summed E-state index contributed by atoms with van der Waals surface area (Å²) in [4.78, 5) is 11.1. The predicted molar refractivity (Wildman–Crippen MR) is 160 cm³/mol. The average Bonchev–Trinajstić information content (AvgIpc) is 3.33. The Morgan fingerprint density at radius 1 is 1.02 bits per heavy atom. The molecule has 0 amide bonds. The van der Waals surface area contributed by atoms with Gasteiger partial charge in [-0.05, 0) is 67.9 Å². The lowest BCUT2D eigenvalue weighted by molar-refractivity contribution is 0.346. The summed E-state index contributed by atoms with van der Waals surface area (Å²) in [5, 5.41) is 9.96. The molecule has 0 saturated heterocycles. The number of aromatic nitrogens is 4. The summed E-state index contributed by atoms with van der Waals surface area (Å²) in [7, 11) is 0.646. The van der Waals surface area contributed by atoms with Crippen LogP contribution in [-0.2, 0) is 22.8 Å². The zero-order valence-corrected chi connectivity index (χ0v) is 23.9. The summed E-state index contributed by atoms with van der Waals surface area (Å²) < 4.78 is 30.6. The molecule has 0 spiro atoms. The first kappa shape index (κ1) is 27.5. The van der Waals surface area contributed by atoms with Gasteiger partial charge in [-0.2, -0.15) is 5.10 Å². The smallest absolute Gasteiger partial charge is 0.148 e. The van der Waals surface area contributed by atoms with Crippen LogP contribution < -0.4 is 10.1 Å². The van der Waals surface area contributed by atoms with Crippen LogP contribution in [0.25, 0.3) is 21.8 Å². The van der Waals surface area contributed by atoms with Crippen LogP contribution in [0.2, 0.25) is 0 Å². The Morgan fingerprint density at radius 2 is 1.85 bits per heavy atom. The van der Waals surface area contributed by atoms with Gasteiger partial charge in [-0.1, -0.05) is 30.3 Å². The molecule has 1 N–H and O–H groups in total. The second-order valence-electron chi connectivity index (χ2n) is 10.1. The van der Waals surface area contributed by atoms with Gasteiger partial charge in [-0.25, -0.2) is 18.4 Å². The number of hydrogen-bond donors (Lipinski definition) is 1. The van der Waals surface area contributed by atoms with Crippen LogP contribution in [0, 0.1) is 0 Å². The molecule has 0 saturated carbocycles. The van der Waals surface area contributed by atoms with Gasteiger partial charge in [0, 0.05) is 29.3 Å². The molecular weight excluding hydrogens is 524 g/mol. The number of methoxy groups -OCH3 is 1. The first-order valence-electron chi connectivity index (χ1n) is 13.2. The molecule has 0 atom stereocenters. The van der Waals surface area contributed by atoms with E-state index in [2.05, 4.69) is 44.6 Å². The standard InChI is InChI=1S/C30H34N6O3S/c1-35(14-15-40(3,37)38)13-7-10-23-17-27-26(18-29(23)39-2)30(32-21-31-27)34-25-11-12-28-24(16-25)19-33-36(28)20-22-8-5-4-6-9-22/h4-6,8-9,11-12,16-19,21H,7,10,13-15,20H2,1-3H3,(H,31,32,34). The number of hydrogen-bond acceptors (Lipinski definition) is 8. The van der Waals surface area contributed by atoms with Crippen LogP contribution in [0.1, 0.15) is 17.5 Å². The molecule has 0 aliphatic carbocycles. The van der Waals surface area contributed by atoms with Crippen LogP contribution in [0.5, 0.6) is 5.75 Å². The SMILES string of the molecule is COc1cc2c(Nc3ccc4c(cnn4Cc4ccccc4)c3)ncnc2cc1CCCN(C)CCS(C)(=O)=O. The molecule has 0 bridgehead atoms. The van der Waals surface area contributed by atoms with Crippen molar-refractivity contribution >= 4 is 43.1 Å². The molecule has 0 aliphatic rings. The molecule has 5 aromatic rings. The van der Waals surface area contributed by atoms with Crippen molar-refractivity contribution in [1.82, 2.24) is 24.6 Å². The second kappa shape index (κ2) is 12.0. The quantitative estimate of drug-likeness (QED) is 0.235. The fourth-order valence-corrected chi connectivity index (χ4v) is 5.41. The molecule has 9 nitrogen and oxygen atoms in total. The molecule has 0 unspecified atom stereocenters. The Hall–Kier alpha value is -4.02. The third kappa shape index (κ3) is 6.75. The maximum absolute atomic E-state index is 11.4. The fourth-order valence-electron chi connectivity index (χ4n) is 4.77. The van der Waals surface area contributed by atoms with Crippen molar-refractivity contribution in [2.24, 2.45) is 0 Å². The van der Waals surface area contributed by atoms with E-state index >= 15 is 0 Å². The molecule has 0 fully saturated rings. The minimum atomic E-state index is -2.97. The van der Waals surface area contributed by atoms with E-state index in [1.165, 1.54) is 11.8 Å². The molecule has 10 heteroatoms. The molecule has 5 rings (SSSR count). The third-order valence-electron chi connectivity index (χ3n) is 6.95. The van der Waals surface area contributed by atoms with E-state index < -0.39 is 9.84 Å². The molecular formula is C30H34N6O3S. The molecule has 208 valence electrons. The van der Waals surface area contributed by atoms with E-state index in [1.807, 2.05) is 59.2 Å². The summed E-state index contributed by atoms with van der Waals surface area (Å²) in [6.45, 7) is 2.03. The molecule has 40 heavy (non-hydrogen) atoms. The zero-order valence-electron chi connectivity index (χ0n) is 23.0. The third-order valence-corrected chi connectivity index (χ3v) is 7.87. The van der Waals surface area contributed by atoms with Crippen molar-refractivity contribution in [2.45, 2.75) is 19.4 Å². The van der Waals surface area contributed by atoms with Gasteiger partial charge in [0.2, 0.25) is 0 Å². The molecule has 3 aromatic carbocycles. The van der Waals surface area contributed by atoms with Gasteiger partial charge in [0.1, 0.15) is 27.7 Å². The number of fused-ring (bicyclic) bond motifs is 2. The van der Waals surface area contributed by atoms with E-state index in [0.717, 1.165) is 58.2 Å². The second-order valence-corrected chi connectivity index (χ2v) is 12.4. The van der Waals surface area contributed by atoms with E-state index in [-0.39, 0.29) is 5.75 Å². The van der Waals surface area contributed by atoms with Crippen molar-refractivity contribution in [3.8, 4) is 5.75 Å². The fraction of sp³-hybridized carbons (Fsp3) is 0.300. The summed E-state index contributed by atoms with van der Waals surface area (Å²) in [6, 6.07) is 20.5. The van der Waals surface area contributed by atoms with Crippen molar-refractivity contribution in [3.63, 3.8) is 0 Å². The van der Waals surface area contributed by atoms with Crippen LogP contribution in [-0.4, -0.2) is 72.3 Å². The number of aryl methyl sites for hydroxylation is 1. The van der Waals surface area contributed by atoms with Crippen molar-refractivity contribution < 1.29 is 13.2 Å². The lowest BCUT2D eigenvalue weighted by Crippen LogP contribution is -2.26. The van der Waals surface area contributed by atoms with E-state index in [4.69, 9.17) is 4.74 Å². The minimum absolute atomic E-state index is 0.165. The number of sulfone groups is 1. The highest BCUT2D eigenvalue weighted by atomic mass is 32.2. The minimum Gasteiger partial charge on any atom is -0.496 e. The lowest BCUT2D eigenvalue weighted by Gasteiger charge is -2.17. The summed E-state index contributed by atoms with van der Waals surface area (Å²) >= 11 is 0. The topological polar surface area (TPSA) is 102 Å². The Kier molecular flexibility index (Phi) is 8.27. The number of ether oxygens (including phenoxy) is 1. The summed E-state index contributed by atoms with van der Waals surface area (Å²) in [6.07, 6.45) is 6.38. The predicted octanol–water partition coefficient (Wildman–Crippen LogP) is 4.69. The number of rotatable bonds is 12. The molecule has 2 aromatic heterocycles. The first-order chi connectivity index (χ1) is 19.3. The van der Waals surface area contributed by atoms with Gasteiger partial charge in [0.15, 0.2) is 0 Å². The van der Waals surface area contributed by atoms with E-state index in [9.17, 15) is 8.42 Å². The first-order valence-corrected chi connectivity index (χ1v) is 15.3. The highest BCUT2D eigenvalue weighted by molar-refractivity contribution is 7.90. The summed E-state index contributed by atoms with van der Waals surface area (Å²) in [5.41, 5.74) is 5.07. The Balaban J connectivity index is 1.31. The van der Waals surface area contributed by atoms with Crippen LogP contribution >= 0.6 is 0 Å². The molecule has 0 radical (unpaired) electrons. The highest BCUT2D eigenvalue weighted by Gasteiger charge is 2.13. The van der Waals surface area contributed by atoms with Gasteiger partial charge < -0.3 is 15.0 Å². The average molecular weight is 559 g/mol. The van der Waals surface area contributed by atoms with Crippen LogP contribution in [0.15, 0.2) is 73.2 Å². The van der Waals surface area contributed by atoms with Crippen molar-refractivity contribution in [2.75, 3.05) is 44.6 Å². The van der Waals surface area contributed by atoms with Crippen LogP contribution in [0.4, 0.5) is 11.5 Å². The Bertz CT molecular complexity index is 1720. The van der Waals surface area contributed by atoms with E-state index in [1.54, 1.807) is 13.4 Å². The van der Waals surface area contributed by atoms with Gasteiger partial charge in [-0.3, -0.25) is 4.68 Å². The monoisotopic (exact) mass is 558 g/mol. The van der Waals surface area contributed by atoms with Crippen LogP contribution in [0.3, 0.4) is 0 Å². The zero-order chi connectivity index (χ0) is 28.1. The lowest BCUT2D eigenvalue weighted by atomic mass is 10.1. The van der Waals surface area contributed by atoms with Gasteiger partial charge in [0.05, 0.1) is 36.6 Å². The van der Waals surface area contributed by atoms with Gasteiger partial charge >= 0.3 is 0 Å². The van der Waals surface area contributed by atoms with Gasteiger partial charge in [-0.15, -0.1) is 0 Å². The van der Waals surface area contributed by atoms with Crippen molar-refractivity contribution in [3.05, 3.63) is 84.3 Å². The largest absolute Gasteiger partial charge is 0.496 e. The number of benzene rings is 3. The van der Waals surface area contributed by atoms with E-state index in [0.29, 0.717) is 18.9 Å². The Morgan fingerprint density at radius 3 is 2.62 bits per heavy atom. The molecule has 0 aliphatic heterocycles. The number of nitrogens with zero attached hydrogens (tertiary/aromatic N) is 5. The normalized spacial score (nSPS) is 11.9. The number of anilines is 2. The Labute approximate surface area is 234 Å². The number of nitrogens with one attached hydrogen (secondary N) is 1. The van der Waals surface area contributed by atoms with Gasteiger partial charge in [0.25, 0.3) is 0 Å². The summed E-state index contributed by atoms with van der Waals surface area (Å²) in [5.74, 6) is 1.64.